The van der Waals surface area contributed by atoms with Gasteiger partial charge in [0.15, 0.2) is 0 Å². The molecule has 0 aliphatic carbocycles. The first kappa shape index (κ1) is 31.9. The molecule has 0 spiro atoms. The lowest BCUT2D eigenvalue weighted by atomic mass is 9.92. The highest BCUT2D eigenvalue weighted by Gasteiger charge is 2.54. The van der Waals surface area contributed by atoms with Crippen molar-refractivity contribution in [3.8, 4) is 0 Å². The SMILES string of the molecule is CCCCCCCCN1C(C)CC2OC(COCc3ccccc3)C(OCc3ccccc3)C(OCc3ccccc3)C21. The van der Waals surface area contributed by atoms with Gasteiger partial charge in [0, 0.05) is 6.04 Å². The van der Waals surface area contributed by atoms with E-state index in [1.54, 1.807) is 0 Å². The second-order valence-corrected chi connectivity index (χ2v) is 12.3. The van der Waals surface area contributed by atoms with Crippen molar-refractivity contribution >= 4 is 0 Å². The van der Waals surface area contributed by atoms with Gasteiger partial charge in [0.25, 0.3) is 0 Å². The van der Waals surface area contributed by atoms with Crippen LogP contribution in [-0.2, 0) is 38.8 Å². The van der Waals surface area contributed by atoms with Gasteiger partial charge in [0.1, 0.15) is 18.3 Å². The molecule has 0 amide bonds. The lowest BCUT2D eigenvalue weighted by molar-refractivity contribution is -0.236. The molecule has 0 saturated carbocycles. The summed E-state index contributed by atoms with van der Waals surface area (Å²) in [4.78, 5) is 2.67. The molecule has 6 unspecified atom stereocenters. The topological polar surface area (TPSA) is 40.2 Å². The maximum atomic E-state index is 6.92. The van der Waals surface area contributed by atoms with E-state index in [0.29, 0.717) is 32.5 Å². The van der Waals surface area contributed by atoms with Crippen molar-refractivity contribution in [1.29, 1.82) is 0 Å². The van der Waals surface area contributed by atoms with Crippen molar-refractivity contribution in [2.24, 2.45) is 0 Å². The molecule has 5 nitrogen and oxygen atoms in total. The van der Waals surface area contributed by atoms with Crippen molar-refractivity contribution in [3.05, 3.63) is 108 Å². The molecule has 2 aliphatic rings. The van der Waals surface area contributed by atoms with E-state index < -0.39 is 0 Å². The first-order valence-electron chi connectivity index (χ1n) is 16.6. The molecule has 43 heavy (non-hydrogen) atoms. The minimum absolute atomic E-state index is 0.0952. The molecule has 0 N–H and O–H groups in total. The number of nitrogens with zero attached hydrogens (tertiary/aromatic N) is 1. The van der Waals surface area contributed by atoms with E-state index in [4.69, 9.17) is 18.9 Å². The Balaban J connectivity index is 1.35. The van der Waals surface area contributed by atoms with Crippen LogP contribution in [-0.4, -0.2) is 54.6 Å². The summed E-state index contributed by atoms with van der Waals surface area (Å²) in [6.07, 6.45) is 8.27. The van der Waals surface area contributed by atoms with Gasteiger partial charge >= 0.3 is 0 Å². The Morgan fingerprint density at radius 1 is 0.674 bits per heavy atom. The standard InChI is InChI=1S/C38H51NO4/c1-3-4-5-6-7-17-24-39-30(2)25-34-36(39)38(42-28-33-22-15-10-16-23-33)37(41-27-32-20-13-9-14-21-32)35(43-34)29-40-26-31-18-11-8-12-19-31/h8-16,18-23,30,34-38H,3-7,17,24-29H2,1-2H3. The molecule has 2 aliphatic heterocycles. The Labute approximate surface area is 259 Å². The molecule has 232 valence electrons. The average Bonchev–Trinajstić information content (AvgIpc) is 3.36. The summed E-state index contributed by atoms with van der Waals surface area (Å²) in [6.45, 7) is 7.79. The smallest absolute Gasteiger partial charge is 0.114 e. The third-order valence-corrected chi connectivity index (χ3v) is 9.01. The van der Waals surface area contributed by atoms with Crippen LogP contribution in [0.25, 0.3) is 0 Å². The summed E-state index contributed by atoms with van der Waals surface area (Å²) < 4.78 is 26.9. The Hall–Kier alpha value is -2.54. The molecule has 0 bridgehead atoms. The highest BCUT2D eigenvalue weighted by Crippen LogP contribution is 2.39. The fraction of sp³-hybridized carbons (Fsp3) is 0.526. The van der Waals surface area contributed by atoms with Crippen molar-refractivity contribution < 1.29 is 18.9 Å². The fourth-order valence-corrected chi connectivity index (χ4v) is 6.74. The molecule has 0 radical (unpaired) electrons. The van der Waals surface area contributed by atoms with Gasteiger partial charge < -0.3 is 18.9 Å². The second-order valence-electron chi connectivity index (χ2n) is 12.3. The van der Waals surface area contributed by atoms with Crippen molar-refractivity contribution in [2.75, 3.05) is 13.2 Å². The molecule has 3 aromatic rings. The van der Waals surface area contributed by atoms with Gasteiger partial charge in [0.2, 0.25) is 0 Å². The van der Waals surface area contributed by atoms with Crippen LogP contribution in [0.3, 0.4) is 0 Å². The lowest BCUT2D eigenvalue weighted by Crippen LogP contribution is -2.62. The van der Waals surface area contributed by atoms with Gasteiger partial charge in [-0.25, -0.2) is 0 Å². The number of likely N-dealkylation sites (tertiary alicyclic amines) is 1. The van der Waals surface area contributed by atoms with Gasteiger partial charge in [-0.2, -0.15) is 0 Å². The minimum atomic E-state index is -0.252. The maximum absolute atomic E-state index is 6.92. The molecule has 2 saturated heterocycles. The quantitative estimate of drug-likeness (QED) is 0.150. The third kappa shape index (κ3) is 9.23. The van der Waals surface area contributed by atoms with E-state index in [-0.39, 0.29) is 30.5 Å². The normalized spacial score (nSPS) is 25.5. The zero-order valence-corrected chi connectivity index (χ0v) is 26.2. The number of unbranched alkanes of at least 4 members (excludes halogenated alkanes) is 5. The summed E-state index contributed by atoms with van der Waals surface area (Å²) >= 11 is 0. The van der Waals surface area contributed by atoms with E-state index >= 15 is 0 Å². The van der Waals surface area contributed by atoms with E-state index in [9.17, 15) is 0 Å². The molecule has 5 heteroatoms. The number of hydrogen-bond acceptors (Lipinski definition) is 5. The summed E-state index contributed by atoms with van der Waals surface area (Å²) in [7, 11) is 0. The van der Waals surface area contributed by atoms with Crippen LogP contribution in [0.15, 0.2) is 91.0 Å². The zero-order chi connectivity index (χ0) is 29.7. The number of hydrogen-bond donors (Lipinski definition) is 0. The second kappa shape index (κ2) is 17.1. The van der Waals surface area contributed by atoms with E-state index in [2.05, 4.69) is 97.6 Å². The number of ether oxygens (including phenoxy) is 4. The van der Waals surface area contributed by atoms with E-state index in [1.807, 2.05) is 12.1 Å². The number of fused-ring (bicyclic) bond motifs is 1. The third-order valence-electron chi connectivity index (χ3n) is 9.01. The minimum Gasteiger partial charge on any atom is -0.374 e. The van der Waals surface area contributed by atoms with Gasteiger partial charge in [-0.3, -0.25) is 4.90 Å². The number of rotatable bonds is 17. The predicted octanol–water partition coefficient (Wildman–Crippen LogP) is 7.96. The van der Waals surface area contributed by atoms with Crippen LogP contribution in [0, 0.1) is 0 Å². The van der Waals surface area contributed by atoms with Gasteiger partial charge in [-0.15, -0.1) is 0 Å². The Morgan fingerprint density at radius 2 is 1.21 bits per heavy atom. The Kier molecular flexibility index (Phi) is 12.7. The molecule has 0 aromatic heterocycles. The van der Waals surface area contributed by atoms with Gasteiger partial charge in [-0.05, 0) is 43.0 Å². The lowest BCUT2D eigenvalue weighted by Gasteiger charge is -2.47. The average molecular weight is 586 g/mol. The van der Waals surface area contributed by atoms with Crippen LogP contribution < -0.4 is 0 Å². The van der Waals surface area contributed by atoms with Crippen LogP contribution in [0.1, 0.15) is 75.5 Å². The zero-order valence-electron chi connectivity index (χ0n) is 26.2. The summed E-state index contributed by atoms with van der Waals surface area (Å²) in [5.41, 5.74) is 3.49. The molecule has 5 rings (SSSR count). The summed E-state index contributed by atoms with van der Waals surface area (Å²) in [6, 6.07) is 31.9. The molecule has 2 fully saturated rings. The first-order valence-corrected chi connectivity index (χ1v) is 16.6. The number of benzene rings is 3. The molecule has 6 atom stereocenters. The largest absolute Gasteiger partial charge is 0.374 e. The highest BCUT2D eigenvalue weighted by molar-refractivity contribution is 5.16. The fourth-order valence-electron chi connectivity index (χ4n) is 6.74. The first-order chi connectivity index (χ1) is 21.2. The van der Waals surface area contributed by atoms with Crippen molar-refractivity contribution in [3.63, 3.8) is 0 Å². The Bertz CT molecular complexity index is 1160. The van der Waals surface area contributed by atoms with Gasteiger partial charge in [0.05, 0.1) is 38.6 Å². The Morgan fingerprint density at radius 3 is 1.81 bits per heavy atom. The van der Waals surface area contributed by atoms with Crippen molar-refractivity contribution in [2.45, 2.75) is 115 Å². The molecule has 2 heterocycles. The molecular weight excluding hydrogens is 534 g/mol. The maximum Gasteiger partial charge on any atom is 0.114 e. The highest BCUT2D eigenvalue weighted by atomic mass is 16.6. The predicted molar refractivity (Wildman–Crippen MR) is 173 cm³/mol. The molecule has 3 aromatic carbocycles. The van der Waals surface area contributed by atoms with E-state index in [1.165, 1.54) is 44.1 Å². The van der Waals surface area contributed by atoms with Gasteiger partial charge in [-0.1, -0.05) is 130 Å². The summed E-state index contributed by atoms with van der Waals surface area (Å²) in [5, 5.41) is 0. The van der Waals surface area contributed by atoms with Crippen molar-refractivity contribution in [1.82, 2.24) is 4.90 Å². The summed E-state index contributed by atoms with van der Waals surface area (Å²) in [5.74, 6) is 0. The molecular formula is C38H51NO4. The van der Waals surface area contributed by atoms with Crippen LogP contribution >= 0.6 is 0 Å². The van der Waals surface area contributed by atoms with Crippen LogP contribution in [0.4, 0.5) is 0 Å². The van der Waals surface area contributed by atoms with Crippen LogP contribution in [0.5, 0.6) is 0 Å². The van der Waals surface area contributed by atoms with E-state index in [0.717, 1.165) is 24.1 Å². The monoisotopic (exact) mass is 585 g/mol. The van der Waals surface area contributed by atoms with Crippen LogP contribution in [0.2, 0.25) is 0 Å².